The maximum absolute atomic E-state index is 12.4. The minimum absolute atomic E-state index is 0.0817. The molecule has 21 heavy (non-hydrogen) atoms. The Kier molecular flexibility index (Phi) is 5.00. The van der Waals surface area contributed by atoms with Crippen LogP contribution in [-0.4, -0.2) is 18.0 Å². The molecule has 0 aliphatic carbocycles. The summed E-state index contributed by atoms with van der Waals surface area (Å²) in [5, 5.41) is 4.01. The molecule has 4 nitrogen and oxygen atoms in total. The first-order chi connectivity index (χ1) is 9.92. The van der Waals surface area contributed by atoms with E-state index in [-0.39, 0.29) is 11.9 Å². The standard InChI is InChI=1S/C15H17BrN2O2S/c1-8-14(21-10(3)17-8)9(2)18-15(19)12-7-11(20-4)5-6-13(12)16/h5-7,9H,1-4H3,(H,18,19). The van der Waals surface area contributed by atoms with Crippen LogP contribution in [0.3, 0.4) is 0 Å². The van der Waals surface area contributed by atoms with Crippen LogP contribution in [0.5, 0.6) is 5.75 Å². The number of carbonyl (C=O) groups is 1. The molecule has 0 aliphatic heterocycles. The van der Waals surface area contributed by atoms with Gasteiger partial charge in [0.15, 0.2) is 0 Å². The molecule has 0 aliphatic rings. The third-order valence-electron chi connectivity index (χ3n) is 3.10. The van der Waals surface area contributed by atoms with Crippen LogP contribution in [0.2, 0.25) is 0 Å². The Morgan fingerprint density at radius 2 is 2.14 bits per heavy atom. The van der Waals surface area contributed by atoms with Crippen LogP contribution in [-0.2, 0) is 0 Å². The van der Waals surface area contributed by atoms with Crippen molar-refractivity contribution in [1.82, 2.24) is 10.3 Å². The van der Waals surface area contributed by atoms with E-state index in [0.29, 0.717) is 11.3 Å². The fourth-order valence-electron chi connectivity index (χ4n) is 2.09. The van der Waals surface area contributed by atoms with Gasteiger partial charge in [0.05, 0.1) is 29.4 Å². The highest BCUT2D eigenvalue weighted by Crippen LogP contribution is 2.26. The lowest BCUT2D eigenvalue weighted by Crippen LogP contribution is -2.26. The number of methoxy groups -OCH3 is 1. The number of halogens is 1. The minimum atomic E-state index is -0.140. The topological polar surface area (TPSA) is 51.2 Å². The van der Waals surface area contributed by atoms with E-state index in [1.165, 1.54) is 0 Å². The number of aromatic nitrogens is 1. The van der Waals surface area contributed by atoms with Gasteiger partial charge in [0.25, 0.3) is 5.91 Å². The average molecular weight is 369 g/mol. The third-order valence-corrected chi connectivity index (χ3v) is 5.05. The van der Waals surface area contributed by atoms with Gasteiger partial charge in [-0.05, 0) is 54.9 Å². The zero-order valence-electron chi connectivity index (χ0n) is 12.4. The van der Waals surface area contributed by atoms with E-state index in [0.717, 1.165) is 20.1 Å². The molecular formula is C15H17BrN2O2S. The van der Waals surface area contributed by atoms with Gasteiger partial charge in [-0.1, -0.05) is 0 Å². The van der Waals surface area contributed by atoms with E-state index in [1.807, 2.05) is 20.8 Å². The zero-order chi connectivity index (χ0) is 15.6. The van der Waals surface area contributed by atoms with Gasteiger partial charge in [0, 0.05) is 9.35 Å². The number of aryl methyl sites for hydroxylation is 2. The average Bonchev–Trinajstić information content (AvgIpc) is 2.78. The van der Waals surface area contributed by atoms with Crippen molar-refractivity contribution in [3.05, 3.63) is 43.8 Å². The normalized spacial score (nSPS) is 12.0. The van der Waals surface area contributed by atoms with Gasteiger partial charge < -0.3 is 10.1 Å². The van der Waals surface area contributed by atoms with Crippen LogP contribution in [0, 0.1) is 13.8 Å². The molecule has 0 saturated carbocycles. The molecule has 2 aromatic rings. The van der Waals surface area contributed by atoms with Gasteiger partial charge in [-0.3, -0.25) is 4.79 Å². The first-order valence-corrected chi connectivity index (χ1v) is 8.11. The van der Waals surface area contributed by atoms with Crippen LogP contribution in [0.15, 0.2) is 22.7 Å². The molecule has 1 aromatic heterocycles. The second kappa shape index (κ2) is 6.58. The number of rotatable bonds is 4. The van der Waals surface area contributed by atoms with Crippen molar-refractivity contribution in [2.45, 2.75) is 26.8 Å². The molecule has 0 saturated heterocycles. The van der Waals surface area contributed by atoms with Crippen LogP contribution in [0.1, 0.15) is 38.9 Å². The SMILES string of the molecule is COc1ccc(Br)c(C(=O)NC(C)c2sc(C)nc2C)c1. The van der Waals surface area contributed by atoms with E-state index in [9.17, 15) is 4.79 Å². The summed E-state index contributed by atoms with van der Waals surface area (Å²) >= 11 is 5.01. The number of hydrogen-bond acceptors (Lipinski definition) is 4. The fraction of sp³-hybridized carbons (Fsp3) is 0.333. The van der Waals surface area contributed by atoms with Gasteiger partial charge >= 0.3 is 0 Å². The van der Waals surface area contributed by atoms with Gasteiger partial charge in [0.2, 0.25) is 0 Å². The Morgan fingerprint density at radius 3 is 2.71 bits per heavy atom. The van der Waals surface area contributed by atoms with Crippen molar-refractivity contribution in [2.24, 2.45) is 0 Å². The highest BCUT2D eigenvalue weighted by molar-refractivity contribution is 9.10. The lowest BCUT2D eigenvalue weighted by Gasteiger charge is -2.14. The number of carbonyl (C=O) groups excluding carboxylic acids is 1. The highest BCUT2D eigenvalue weighted by atomic mass is 79.9. The van der Waals surface area contributed by atoms with Crippen molar-refractivity contribution in [1.29, 1.82) is 0 Å². The lowest BCUT2D eigenvalue weighted by molar-refractivity contribution is 0.0939. The molecule has 1 heterocycles. The van der Waals surface area contributed by atoms with E-state index in [1.54, 1.807) is 36.6 Å². The third kappa shape index (κ3) is 3.63. The molecule has 2 rings (SSSR count). The number of nitrogens with one attached hydrogen (secondary N) is 1. The summed E-state index contributed by atoms with van der Waals surface area (Å²) in [6.07, 6.45) is 0. The molecule has 6 heteroatoms. The minimum Gasteiger partial charge on any atom is -0.497 e. The molecule has 0 spiro atoms. The molecular weight excluding hydrogens is 352 g/mol. The molecule has 0 bridgehead atoms. The maximum atomic E-state index is 12.4. The van der Waals surface area contributed by atoms with Crippen LogP contribution in [0.25, 0.3) is 0 Å². The van der Waals surface area contributed by atoms with Crippen molar-refractivity contribution < 1.29 is 9.53 Å². The summed E-state index contributed by atoms with van der Waals surface area (Å²) < 4.78 is 5.90. The number of ether oxygens (including phenoxy) is 1. The predicted octanol–water partition coefficient (Wildman–Crippen LogP) is 4.02. The number of nitrogens with zero attached hydrogens (tertiary/aromatic N) is 1. The zero-order valence-corrected chi connectivity index (χ0v) is 14.8. The van der Waals surface area contributed by atoms with Gasteiger partial charge in [-0.25, -0.2) is 4.98 Å². The lowest BCUT2D eigenvalue weighted by atomic mass is 10.1. The Morgan fingerprint density at radius 1 is 1.43 bits per heavy atom. The Hall–Kier alpha value is -1.40. The van der Waals surface area contributed by atoms with Gasteiger partial charge in [0.1, 0.15) is 5.75 Å². The van der Waals surface area contributed by atoms with E-state index in [4.69, 9.17) is 4.74 Å². The van der Waals surface area contributed by atoms with Gasteiger partial charge in [-0.15, -0.1) is 11.3 Å². The molecule has 1 N–H and O–H groups in total. The first-order valence-electron chi connectivity index (χ1n) is 6.50. The van der Waals surface area contributed by atoms with Crippen molar-refractivity contribution in [2.75, 3.05) is 7.11 Å². The smallest absolute Gasteiger partial charge is 0.253 e. The van der Waals surface area contributed by atoms with Crippen LogP contribution in [0.4, 0.5) is 0 Å². The highest BCUT2D eigenvalue weighted by Gasteiger charge is 2.18. The fourth-order valence-corrected chi connectivity index (χ4v) is 3.45. The van der Waals surface area contributed by atoms with E-state index >= 15 is 0 Å². The second-order valence-electron chi connectivity index (χ2n) is 4.72. The van der Waals surface area contributed by atoms with Crippen molar-refractivity contribution in [3.8, 4) is 5.75 Å². The van der Waals surface area contributed by atoms with E-state index in [2.05, 4.69) is 26.2 Å². The molecule has 0 radical (unpaired) electrons. The van der Waals surface area contributed by atoms with Crippen molar-refractivity contribution >= 4 is 33.2 Å². The molecule has 112 valence electrons. The summed E-state index contributed by atoms with van der Waals surface area (Å²) in [5.41, 5.74) is 1.52. The summed E-state index contributed by atoms with van der Waals surface area (Å²) in [4.78, 5) is 17.9. The van der Waals surface area contributed by atoms with Crippen LogP contribution >= 0.6 is 27.3 Å². The van der Waals surface area contributed by atoms with Gasteiger partial charge in [-0.2, -0.15) is 0 Å². The number of thiazole rings is 1. The largest absolute Gasteiger partial charge is 0.497 e. The summed E-state index contributed by atoms with van der Waals surface area (Å²) in [5.74, 6) is 0.513. The Labute approximate surface area is 136 Å². The molecule has 1 amide bonds. The maximum Gasteiger partial charge on any atom is 0.253 e. The predicted molar refractivity (Wildman–Crippen MR) is 88.2 cm³/mol. The summed E-state index contributed by atoms with van der Waals surface area (Å²) in [6.45, 7) is 5.89. The molecule has 1 unspecified atom stereocenters. The molecule has 1 atom stereocenters. The van der Waals surface area contributed by atoms with Crippen molar-refractivity contribution in [3.63, 3.8) is 0 Å². The number of benzene rings is 1. The first kappa shape index (κ1) is 16.0. The molecule has 0 fully saturated rings. The second-order valence-corrected chi connectivity index (χ2v) is 6.81. The number of hydrogen-bond donors (Lipinski definition) is 1. The Bertz CT molecular complexity index is 670. The number of amides is 1. The Balaban J connectivity index is 2.20. The summed E-state index contributed by atoms with van der Waals surface area (Å²) in [7, 11) is 1.58. The van der Waals surface area contributed by atoms with E-state index < -0.39 is 0 Å². The molecule has 1 aromatic carbocycles. The summed E-state index contributed by atoms with van der Waals surface area (Å²) in [6, 6.07) is 5.25. The van der Waals surface area contributed by atoms with Crippen LogP contribution < -0.4 is 10.1 Å². The quantitative estimate of drug-likeness (QED) is 0.886. The monoisotopic (exact) mass is 368 g/mol.